The summed E-state index contributed by atoms with van der Waals surface area (Å²) in [6, 6.07) is 6.48. The summed E-state index contributed by atoms with van der Waals surface area (Å²) < 4.78 is 11.5. The number of ether oxygens (including phenoxy) is 2. The molecule has 3 nitrogen and oxygen atoms in total. The SMILES string of the molecule is CCCC(COc1ccc(OC)cc1C(C)(C)C)NCC. The molecule has 0 aliphatic rings. The standard InChI is InChI=1S/C18H31NO2/c1-7-9-14(19-8-2)13-21-17-11-10-15(20-6)12-16(17)18(3,4)5/h10-12,14,19H,7-9,13H2,1-6H3. The first kappa shape index (κ1) is 17.8. The van der Waals surface area contributed by atoms with Gasteiger partial charge in [-0.3, -0.25) is 0 Å². The van der Waals surface area contributed by atoms with E-state index in [1.807, 2.05) is 12.1 Å². The summed E-state index contributed by atoms with van der Waals surface area (Å²) in [5, 5.41) is 3.48. The highest BCUT2D eigenvalue weighted by atomic mass is 16.5. The first-order chi connectivity index (χ1) is 9.92. The van der Waals surface area contributed by atoms with Crippen LogP contribution >= 0.6 is 0 Å². The molecular weight excluding hydrogens is 262 g/mol. The van der Waals surface area contributed by atoms with Gasteiger partial charge >= 0.3 is 0 Å². The van der Waals surface area contributed by atoms with Gasteiger partial charge in [-0.2, -0.15) is 0 Å². The second kappa shape index (κ2) is 8.28. The third-order valence-electron chi connectivity index (χ3n) is 3.56. The Bertz CT molecular complexity index is 418. The first-order valence-corrected chi connectivity index (χ1v) is 7.97. The van der Waals surface area contributed by atoms with E-state index in [1.165, 1.54) is 5.56 Å². The molecule has 1 aromatic carbocycles. The maximum absolute atomic E-state index is 6.11. The number of hydrogen-bond acceptors (Lipinski definition) is 3. The number of benzene rings is 1. The topological polar surface area (TPSA) is 30.5 Å². The molecular formula is C18H31NO2. The molecule has 0 saturated heterocycles. The molecule has 0 spiro atoms. The summed E-state index contributed by atoms with van der Waals surface area (Å²) >= 11 is 0. The molecule has 3 heteroatoms. The summed E-state index contributed by atoms with van der Waals surface area (Å²) in [6.45, 7) is 12.6. The molecule has 0 bridgehead atoms. The predicted molar refractivity (Wildman–Crippen MR) is 89.6 cm³/mol. The Balaban J connectivity index is 2.86. The third-order valence-corrected chi connectivity index (χ3v) is 3.56. The Morgan fingerprint density at radius 1 is 1.19 bits per heavy atom. The predicted octanol–water partition coefficient (Wildman–Crippen LogP) is 4.15. The summed E-state index contributed by atoms with van der Waals surface area (Å²) in [5.41, 5.74) is 1.22. The molecule has 1 N–H and O–H groups in total. The van der Waals surface area contributed by atoms with E-state index in [9.17, 15) is 0 Å². The van der Waals surface area contributed by atoms with Crippen molar-refractivity contribution in [1.82, 2.24) is 5.32 Å². The van der Waals surface area contributed by atoms with Gasteiger partial charge in [-0.05, 0) is 36.6 Å². The van der Waals surface area contributed by atoms with Crippen LogP contribution in [-0.4, -0.2) is 26.3 Å². The Morgan fingerprint density at radius 3 is 2.43 bits per heavy atom. The molecule has 0 aliphatic heterocycles. The monoisotopic (exact) mass is 293 g/mol. The lowest BCUT2D eigenvalue weighted by Gasteiger charge is -2.25. The van der Waals surface area contributed by atoms with E-state index < -0.39 is 0 Å². The summed E-state index contributed by atoms with van der Waals surface area (Å²) in [5.74, 6) is 1.84. The van der Waals surface area contributed by atoms with Crippen LogP contribution in [-0.2, 0) is 5.41 Å². The number of rotatable bonds is 8. The highest BCUT2D eigenvalue weighted by Gasteiger charge is 2.20. The van der Waals surface area contributed by atoms with Crippen molar-refractivity contribution in [3.05, 3.63) is 23.8 Å². The number of methoxy groups -OCH3 is 1. The van der Waals surface area contributed by atoms with Crippen molar-refractivity contribution in [3.63, 3.8) is 0 Å². The molecule has 0 aliphatic carbocycles. The fourth-order valence-corrected chi connectivity index (χ4v) is 2.42. The van der Waals surface area contributed by atoms with Crippen molar-refractivity contribution in [2.75, 3.05) is 20.3 Å². The highest BCUT2D eigenvalue weighted by molar-refractivity contribution is 5.44. The zero-order valence-electron chi connectivity index (χ0n) is 14.5. The molecule has 120 valence electrons. The average Bonchev–Trinajstić information content (AvgIpc) is 2.44. The average molecular weight is 293 g/mol. The minimum Gasteiger partial charge on any atom is -0.497 e. The zero-order valence-corrected chi connectivity index (χ0v) is 14.5. The molecule has 1 rings (SSSR count). The van der Waals surface area contributed by atoms with E-state index in [1.54, 1.807) is 7.11 Å². The smallest absolute Gasteiger partial charge is 0.123 e. The summed E-state index contributed by atoms with van der Waals surface area (Å²) in [7, 11) is 1.70. The van der Waals surface area contributed by atoms with E-state index in [-0.39, 0.29) is 5.41 Å². The van der Waals surface area contributed by atoms with Crippen LogP contribution in [0, 0.1) is 0 Å². The third kappa shape index (κ3) is 5.58. The molecule has 0 aromatic heterocycles. The van der Waals surface area contributed by atoms with Crippen molar-refractivity contribution in [1.29, 1.82) is 0 Å². The number of nitrogens with one attached hydrogen (secondary N) is 1. The minimum atomic E-state index is 0.0301. The van der Waals surface area contributed by atoms with Gasteiger partial charge in [0.15, 0.2) is 0 Å². The Kier molecular flexibility index (Phi) is 7.03. The van der Waals surface area contributed by atoms with Gasteiger partial charge in [-0.15, -0.1) is 0 Å². The number of hydrogen-bond donors (Lipinski definition) is 1. The van der Waals surface area contributed by atoms with E-state index in [0.29, 0.717) is 12.6 Å². The van der Waals surface area contributed by atoms with Gasteiger partial charge in [0, 0.05) is 11.6 Å². The van der Waals surface area contributed by atoms with Crippen LogP contribution in [0.15, 0.2) is 18.2 Å². The molecule has 21 heavy (non-hydrogen) atoms. The lowest BCUT2D eigenvalue weighted by molar-refractivity contribution is 0.252. The van der Waals surface area contributed by atoms with E-state index in [4.69, 9.17) is 9.47 Å². The van der Waals surface area contributed by atoms with Crippen molar-refractivity contribution in [2.24, 2.45) is 0 Å². The zero-order chi connectivity index (χ0) is 15.9. The fourth-order valence-electron chi connectivity index (χ4n) is 2.42. The van der Waals surface area contributed by atoms with Crippen LogP contribution < -0.4 is 14.8 Å². The van der Waals surface area contributed by atoms with Crippen molar-refractivity contribution < 1.29 is 9.47 Å². The van der Waals surface area contributed by atoms with E-state index in [0.717, 1.165) is 30.9 Å². The van der Waals surface area contributed by atoms with Crippen molar-refractivity contribution in [3.8, 4) is 11.5 Å². The van der Waals surface area contributed by atoms with Crippen LogP contribution in [0.2, 0.25) is 0 Å². The largest absolute Gasteiger partial charge is 0.497 e. The molecule has 0 radical (unpaired) electrons. The second-order valence-electron chi connectivity index (χ2n) is 6.47. The van der Waals surface area contributed by atoms with Gasteiger partial charge in [0.1, 0.15) is 18.1 Å². The van der Waals surface area contributed by atoms with Crippen LogP contribution in [0.4, 0.5) is 0 Å². The number of likely N-dealkylation sites (N-methyl/N-ethyl adjacent to an activating group) is 1. The molecule has 0 heterocycles. The van der Waals surface area contributed by atoms with E-state index >= 15 is 0 Å². The summed E-state index contributed by atoms with van der Waals surface area (Å²) in [6.07, 6.45) is 2.30. The van der Waals surface area contributed by atoms with Gasteiger partial charge in [0.05, 0.1) is 7.11 Å². The Labute approximate surface area is 130 Å². The molecule has 0 fully saturated rings. The minimum absolute atomic E-state index is 0.0301. The quantitative estimate of drug-likeness (QED) is 0.781. The lowest BCUT2D eigenvalue weighted by atomic mass is 9.86. The maximum Gasteiger partial charge on any atom is 0.123 e. The second-order valence-corrected chi connectivity index (χ2v) is 6.47. The molecule has 1 atom stereocenters. The highest BCUT2D eigenvalue weighted by Crippen LogP contribution is 2.34. The molecule has 1 unspecified atom stereocenters. The fraction of sp³-hybridized carbons (Fsp3) is 0.667. The van der Waals surface area contributed by atoms with Crippen molar-refractivity contribution >= 4 is 0 Å². The molecule has 0 amide bonds. The van der Waals surface area contributed by atoms with Crippen molar-refractivity contribution in [2.45, 2.75) is 58.9 Å². The Hall–Kier alpha value is -1.22. The van der Waals surface area contributed by atoms with Crippen LogP contribution in [0.5, 0.6) is 11.5 Å². The maximum atomic E-state index is 6.11. The van der Waals surface area contributed by atoms with E-state index in [2.05, 4.69) is 46.0 Å². The van der Waals surface area contributed by atoms with Gasteiger partial charge in [-0.1, -0.05) is 41.0 Å². The van der Waals surface area contributed by atoms with Crippen LogP contribution in [0.25, 0.3) is 0 Å². The first-order valence-electron chi connectivity index (χ1n) is 7.97. The molecule has 0 saturated carbocycles. The van der Waals surface area contributed by atoms with Gasteiger partial charge in [-0.25, -0.2) is 0 Å². The van der Waals surface area contributed by atoms with Crippen LogP contribution in [0.3, 0.4) is 0 Å². The normalized spacial score (nSPS) is 13.0. The van der Waals surface area contributed by atoms with Gasteiger partial charge in [0.25, 0.3) is 0 Å². The molecule has 1 aromatic rings. The van der Waals surface area contributed by atoms with Gasteiger partial charge in [0.2, 0.25) is 0 Å². The van der Waals surface area contributed by atoms with Crippen LogP contribution in [0.1, 0.15) is 53.0 Å². The lowest BCUT2D eigenvalue weighted by Crippen LogP contribution is -2.34. The summed E-state index contributed by atoms with van der Waals surface area (Å²) in [4.78, 5) is 0. The van der Waals surface area contributed by atoms with Gasteiger partial charge < -0.3 is 14.8 Å². The Morgan fingerprint density at radius 2 is 1.90 bits per heavy atom.